The van der Waals surface area contributed by atoms with Crippen molar-refractivity contribution in [1.29, 1.82) is 0 Å². The first-order valence-electron chi connectivity index (χ1n) is 7.92. The highest BCUT2D eigenvalue weighted by Crippen LogP contribution is 2.34. The first-order valence-corrected chi connectivity index (χ1v) is 7.92. The highest BCUT2D eigenvalue weighted by molar-refractivity contribution is 6.16. The number of amides is 1. The third kappa shape index (κ3) is 2.48. The van der Waals surface area contributed by atoms with E-state index in [4.69, 9.17) is 4.84 Å². The van der Waals surface area contributed by atoms with Crippen molar-refractivity contribution in [2.45, 2.75) is 18.6 Å². The van der Waals surface area contributed by atoms with Crippen LogP contribution < -0.4 is 5.32 Å². The molecule has 4 rings (SSSR count). The number of hydrogen-bond donors (Lipinski definition) is 1. The second-order valence-electron chi connectivity index (χ2n) is 6.01. The molecule has 1 aliphatic carbocycles. The predicted octanol–water partition coefficient (Wildman–Crippen LogP) is 2.18. The molecule has 2 aliphatic rings. The number of nitrogens with zero attached hydrogens (tertiary/aromatic N) is 1. The van der Waals surface area contributed by atoms with Crippen LogP contribution in [0.4, 0.5) is 0 Å². The number of benzene rings is 2. The molecule has 24 heavy (non-hydrogen) atoms. The van der Waals surface area contributed by atoms with Crippen molar-refractivity contribution in [2.75, 3.05) is 0 Å². The van der Waals surface area contributed by atoms with E-state index in [1.54, 1.807) is 24.3 Å². The molecule has 1 fully saturated rings. The predicted molar refractivity (Wildman–Crippen MR) is 88.7 cm³/mol. The Morgan fingerprint density at radius 1 is 1.04 bits per heavy atom. The number of carbonyl (C=O) groups excluding carboxylic acids is 2. The van der Waals surface area contributed by atoms with E-state index < -0.39 is 12.0 Å². The van der Waals surface area contributed by atoms with Crippen LogP contribution in [0.3, 0.4) is 0 Å². The fourth-order valence-corrected chi connectivity index (χ4v) is 3.31. The van der Waals surface area contributed by atoms with E-state index in [0.717, 1.165) is 5.56 Å². The lowest BCUT2D eigenvalue weighted by Crippen LogP contribution is -2.42. The van der Waals surface area contributed by atoms with Crippen LogP contribution in [0.5, 0.6) is 0 Å². The van der Waals surface area contributed by atoms with Crippen molar-refractivity contribution in [1.82, 2.24) is 5.32 Å². The van der Waals surface area contributed by atoms with Crippen LogP contribution in [0.1, 0.15) is 22.3 Å². The van der Waals surface area contributed by atoms with Gasteiger partial charge in [-0.15, -0.1) is 0 Å². The van der Waals surface area contributed by atoms with E-state index in [9.17, 15) is 9.59 Å². The zero-order valence-corrected chi connectivity index (χ0v) is 12.9. The molecular formula is C19H16N2O3. The molecule has 1 N–H and O–H groups in total. The minimum absolute atomic E-state index is 0.0541. The van der Waals surface area contributed by atoms with Crippen LogP contribution in [0.2, 0.25) is 0 Å². The van der Waals surface area contributed by atoms with Crippen molar-refractivity contribution in [3.05, 3.63) is 71.8 Å². The van der Waals surface area contributed by atoms with Crippen molar-refractivity contribution < 1.29 is 14.4 Å². The summed E-state index contributed by atoms with van der Waals surface area (Å²) >= 11 is 0. The number of ketones is 1. The fraction of sp³-hybridized carbons (Fsp3) is 0.211. The molecule has 0 radical (unpaired) electrons. The van der Waals surface area contributed by atoms with Gasteiger partial charge in [-0.05, 0) is 12.1 Å². The number of oxime groups is 1. The van der Waals surface area contributed by atoms with E-state index in [2.05, 4.69) is 10.5 Å². The molecule has 5 heteroatoms. The van der Waals surface area contributed by atoms with Gasteiger partial charge < -0.3 is 10.2 Å². The Kier molecular flexibility index (Phi) is 3.61. The topological polar surface area (TPSA) is 67.8 Å². The third-order valence-corrected chi connectivity index (χ3v) is 4.48. The summed E-state index contributed by atoms with van der Waals surface area (Å²) in [4.78, 5) is 30.3. The van der Waals surface area contributed by atoms with Crippen LogP contribution in [0, 0.1) is 5.92 Å². The molecule has 1 heterocycles. The van der Waals surface area contributed by atoms with Gasteiger partial charge in [-0.25, -0.2) is 0 Å². The maximum atomic E-state index is 12.5. The van der Waals surface area contributed by atoms with Gasteiger partial charge in [0, 0.05) is 17.5 Å². The lowest BCUT2D eigenvalue weighted by Gasteiger charge is -2.17. The van der Waals surface area contributed by atoms with Gasteiger partial charge in [0.05, 0.1) is 6.04 Å². The summed E-state index contributed by atoms with van der Waals surface area (Å²) in [6.07, 6.45) is -0.167. The van der Waals surface area contributed by atoms with Gasteiger partial charge in [-0.3, -0.25) is 9.59 Å². The second-order valence-corrected chi connectivity index (χ2v) is 6.01. The molecule has 2 aromatic carbocycles. The lowest BCUT2D eigenvalue weighted by atomic mass is 9.93. The molecule has 0 unspecified atom stereocenters. The van der Waals surface area contributed by atoms with Gasteiger partial charge in [0.25, 0.3) is 5.91 Å². The Morgan fingerprint density at radius 2 is 1.71 bits per heavy atom. The number of hydrogen-bond acceptors (Lipinski definition) is 4. The average molecular weight is 320 g/mol. The third-order valence-electron chi connectivity index (χ3n) is 4.48. The van der Waals surface area contributed by atoms with Gasteiger partial charge in [0.1, 0.15) is 17.4 Å². The summed E-state index contributed by atoms with van der Waals surface area (Å²) in [6.45, 7) is 0. The molecule has 120 valence electrons. The van der Waals surface area contributed by atoms with E-state index in [1.165, 1.54) is 0 Å². The Bertz CT molecular complexity index is 802. The zero-order chi connectivity index (χ0) is 16.5. The van der Waals surface area contributed by atoms with Crippen molar-refractivity contribution in [3.8, 4) is 0 Å². The number of rotatable bonds is 3. The van der Waals surface area contributed by atoms with Gasteiger partial charge >= 0.3 is 0 Å². The monoisotopic (exact) mass is 320 g/mol. The molecule has 1 saturated carbocycles. The van der Waals surface area contributed by atoms with Gasteiger partial charge in [0.15, 0.2) is 6.10 Å². The SMILES string of the molecule is O=C(N[C@H]1CC(=O)[C@@H]2C(c3ccccc3)=NO[C@@H]21)c1ccccc1. The highest BCUT2D eigenvalue weighted by Gasteiger charge is 2.51. The molecule has 0 bridgehead atoms. The molecule has 1 aliphatic heterocycles. The molecule has 0 spiro atoms. The molecule has 0 saturated heterocycles. The largest absolute Gasteiger partial charge is 0.389 e. The Morgan fingerprint density at radius 3 is 2.42 bits per heavy atom. The average Bonchev–Trinajstić information content (AvgIpc) is 3.19. The fourth-order valence-electron chi connectivity index (χ4n) is 3.31. The first kappa shape index (κ1) is 14.6. The quantitative estimate of drug-likeness (QED) is 0.942. The zero-order valence-electron chi connectivity index (χ0n) is 12.9. The molecule has 1 amide bonds. The molecular weight excluding hydrogens is 304 g/mol. The van der Waals surface area contributed by atoms with Crippen LogP contribution in [-0.2, 0) is 9.63 Å². The summed E-state index contributed by atoms with van der Waals surface area (Å²) in [5.41, 5.74) is 2.10. The van der Waals surface area contributed by atoms with Crippen molar-refractivity contribution in [3.63, 3.8) is 0 Å². The maximum absolute atomic E-state index is 12.5. The first-order chi connectivity index (χ1) is 11.7. The summed E-state index contributed by atoms with van der Waals surface area (Å²) in [5, 5.41) is 7.03. The smallest absolute Gasteiger partial charge is 0.251 e. The lowest BCUT2D eigenvalue weighted by molar-refractivity contribution is -0.119. The van der Waals surface area contributed by atoms with Crippen molar-refractivity contribution in [2.24, 2.45) is 11.1 Å². The maximum Gasteiger partial charge on any atom is 0.251 e. The van der Waals surface area contributed by atoms with Gasteiger partial charge in [-0.2, -0.15) is 0 Å². The molecule has 3 atom stereocenters. The summed E-state index contributed by atoms with van der Waals surface area (Å²) in [6, 6.07) is 18.1. The summed E-state index contributed by atoms with van der Waals surface area (Å²) in [7, 11) is 0. The summed E-state index contributed by atoms with van der Waals surface area (Å²) in [5.74, 6) is -0.558. The number of fused-ring (bicyclic) bond motifs is 1. The number of nitrogens with one attached hydrogen (secondary N) is 1. The van der Waals surface area contributed by atoms with Crippen LogP contribution in [-0.4, -0.2) is 29.5 Å². The molecule has 2 aromatic rings. The minimum atomic E-state index is -0.430. The summed E-state index contributed by atoms with van der Waals surface area (Å²) < 4.78 is 0. The standard InChI is InChI=1S/C19H16N2O3/c22-15-11-14(20-19(23)13-9-5-2-6-10-13)18-16(15)17(21-24-18)12-7-3-1-4-8-12/h1-10,14,16,18H,11H2,(H,20,23)/t14-,16+,18+/m0/s1. The molecule has 0 aromatic heterocycles. The van der Waals surface area contributed by atoms with Gasteiger partial charge in [0.2, 0.25) is 0 Å². The second kappa shape index (κ2) is 5.92. The Labute approximate surface area is 139 Å². The van der Waals surface area contributed by atoms with E-state index in [-0.39, 0.29) is 24.2 Å². The highest BCUT2D eigenvalue weighted by atomic mass is 16.6. The van der Waals surface area contributed by atoms with E-state index >= 15 is 0 Å². The van der Waals surface area contributed by atoms with Crippen LogP contribution >= 0.6 is 0 Å². The van der Waals surface area contributed by atoms with E-state index in [1.807, 2.05) is 36.4 Å². The molecule has 5 nitrogen and oxygen atoms in total. The Hall–Kier alpha value is -2.95. The Balaban J connectivity index is 1.52. The van der Waals surface area contributed by atoms with Gasteiger partial charge in [-0.1, -0.05) is 53.7 Å². The van der Waals surface area contributed by atoms with E-state index in [0.29, 0.717) is 11.3 Å². The number of Topliss-reactive ketones (excluding diaryl/α,β-unsaturated/α-hetero) is 1. The van der Waals surface area contributed by atoms with Crippen molar-refractivity contribution >= 4 is 17.4 Å². The van der Waals surface area contributed by atoms with Crippen LogP contribution in [0.15, 0.2) is 65.8 Å². The number of carbonyl (C=O) groups is 2. The van der Waals surface area contributed by atoms with Crippen LogP contribution in [0.25, 0.3) is 0 Å². The minimum Gasteiger partial charge on any atom is -0.389 e. The normalized spacial score (nSPS) is 24.9.